The molecular weight excluding hydrogens is 196 g/mol. The van der Waals surface area contributed by atoms with Gasteiger partial charge in [-0.2, -0.15) is 4.98 Å². The molecule has 1 heterocycles. The van der Waals surface area contributed by atoms with Gasteiger partial charge in [0.25, 0.3) is 6.01 Å². The lowest BCUT2D eigenvalue weighted by atomic mass is 10.1. The van der Waals surface area contributed by atoms with Crippen LogP contribution >= 0.6 is 0 Å². The zero-order valence-electron chi connectivity index (χ0n) is 8.14. The number of aromatic carboxylic acids is 1. The third kappa shape index (κ3) is 2.37. The van der Waals surface area contributed by atoms with Crippen LogP contribution in [0.25, 0.3) is 0 Å². The van der Waals surface area contributed by atoms with Gasteiger partial charge in [-0.05, 0) is 18.8 Å². The van der Waals surface area contributed by atoms with Crippen LogP contribution in [0.4, 0.5) is 6.01 Å². The molecule has 5 nitrogen and oxygen atoms in total. The fraction of sp³-hybridized carbons (Fsp3) is 0.400. The molecule has 1 atom stereocenters. The molecular formula is C10H12N2O3. The van der Waals surface area contributed by atoms with Crippen molar-refractivity contribution in [3.05, 3.63) is 24.1 Å². The highest BCUT2D eigenvalue weighted by Crippen LogP contribution is 2.17. The van der Waals surface area contributed by atoms with Crippen molar-refractivity contribution < 1.29 is 14.3 Å². The monoisotopic (exact) mass is 208 g/mol. The van der Waals surface area contributed by atoms with Crippen molar-refractivity contribution in [1.29, 1.82) is 0 Å². The second kappa shape index (κ2) is 4.16. The van der Waals surface area contributed by atoms with Gasteiger partial charge >= 0.3 is 5.97 Å². The number of anilines is 1. The Morgan fingerprint density at radius 2 is 2.60 bits per heavy atom. The van der Waals surface area contributed by atoms with Gasteiger partial charge in [0.1, 0.15) is 6.26 Å². The van der Waals surface area contributed by atoms with Crippen molar-refractivity contribution in [1.82, 2.24) is 4.98 Å². The number of oxazole rings is 1. The smallest absolute Gasteiger partial charge is 0.357 e. The van der Waals surface area contributed by atoms with Crippen LogP contribution in [-0.4, -0.2) is 22.6 Å². The van der Waals surface area contributed by atoms with E-state index in [1.165, 1.54) is 0 Å². The number of carboxylic acid groups (broad SMARTS) is 1. The summed E-state index contributed by atoms with van der Waals surface area (Å²) < 4.78 is 4.96. The van der Waals surface area contributed by atoms with Gasteiger partial charge in [0, 0.05) is 6.54 Å². The maximum Gasteiger partial charge on any atom is 0.357 e. The minimum Gasteiger partial charge on any atom is -0.476 e. The van der Waals surface area contributed by atoms with Crippen LogP contribution < -0.4 is 5.32 Å². The summed E-state index contributed by atoms with van der Waals surface area (Å²) in [7, 11) is 0. The number of aromatic nitrogens is 1. The van der Waals surface area contributed by atoms with Gasteiger partial charge in [0.15, 0.2) is 5.69 Å². The summed E-state index contributed by atoms with van der Waals surface area (Å²) in [5.74, 6) is -0.585. The zero-order chi connectivity index (χ0) is 10.7. The van der Waals surface area contributed by atoms with Crippen molar-refractivity contribution in [2.75, 3.05) is 11.9 Å². The summed E-state index contributed by atoms with van der Waals surface area (Å²) in [6.45, 7) is 0.732. The van der Waals surface area contributed by atoms with Gasteiger partial charge in [-0.15, -0.1) is 0 Å². The molecule has 0 aromatic carbocycles. The SMILES string of the molecule is O=C(O)c1coc(NCC2C=CCC2)n1. The molecule has 0 spiro atoms. The van der Waals surface area contributed by atoms with E-state index in [1.54, 1.807) is 0 Å². The Kier molecular flexibility index (Phi) is 2.71. The number of hydrogen-bond acceptors (Lipinski definition) is 4. The molecule has 0 radical (unpaired) electrons. The fourth-order valence-corrected chi connectivity index (χ4v) is 1.54. The number of nitrogens with zero attached hydrogens (tertiary/aromatic N) is 1. The summed E-state index contributed by atoms with van der Waals surface area (Å²) in [6.07, 6.45) is 7.66. The Morgan fingerprint density at radius 3 is 3.20 bits per heavy atom. The Balaban J connectivity index is 1.87. The molecule has 80 valence electrons. The number of allylic oxidation sites excluding steroid dienone is 1. The predicted molar refractivity (Wildman–Crippen MR) is 53.8 cm³/mol. The van der Waals surface area contributed by atoms with E-state index in [2.05, 4.69) is 22.5 Å². The molecule has 0 saturated carbocycles. The Bertz CT molecular complexity index is 384. The maximum absolute atomic E-state index is 10.5. The second-order valence-corrected chi connectivity index (χ2v) is 3.49. The Labute approximate surface area is 86.8 Å². The number of rotatable bonds is 4. The van der Waals surface area contributed by atoms with Crippen molar-refractivity contribution >= 4 is 12.0 Å². The fourth-order valence-electron chi connectivity index (χ4n) is 1.54. The first kappa shape index (κ1) is 9.76. The molecule has 0 bridgehead atoms. The first-order chi connectivity index (χ1) is 7.25. The van der Waals surface area contributed by atoms with E-state index >= 15 is 0 Å². The molecule has 1 aromatic rings. The number of hydrogen-bond donors (Lipinski definition) is 2. The van der Waals surface area contributed by atoms with Crippen LogP contribution in [0, 0.1) is 5.92 Å². The van der Waals surface area contributed by atoms with Gasteiger partial charge in [0.05, 0.1) is 0 Å². The van der Waals surface area contributed by atoms with Gasteiger partial charge in [0.2, 0.25) is 0 Å². The van der Waals surface area contributed by atoms with Crippen LogP contribution in [0.3, 0.4) is 0 Å². The lowest BCUT2D eigenvalue weighted by Crippen LogP contribution is -2.10. The van der Waals surface area contributed by atoms with Crippen LogP contribution in [-0.2, 0) is 0 Å². The molecule has 15 heavy (non-hydrogen) atoms. The molecule has 0 saturated heterocycles. The summed E-state index contributed by atoms with van der Waals surface area (Å²) in [5.41, 5.74) is -0.0699. The van der Waals surface area contributed by atoms with E-state index in [1.807, 2.05) is 0 Å². The van der Waals surface area contributed by atoms with E-state index in [9.17, 15) is 4.79 Å². The summed E-state index contributed by atoms with van der Waals surface area (Å²) >= 11 is 0. The summed E-state index contributed by atoms with van der Waals surface area (Å²) in [4.78, 5) is 14.3. The van der Waals surface area contributed by atoms with Crippen LogP contribution in [0.15, 0.2) is 22.8 Å². The number of carboxylic acids is 1. The van der Waals surface area contributed by atoms with Crippen LogP contribution in [0.2, 0.25) is 0 Å². The zero-order valence-corrected chi connectivity index (χ0v) is 8.14. The predicted octanol–water partition coefficient (Wildman–Crippen LogP) is 1.75. The molecule has 1 aliphatic rings. The van der Waals surface area contributed by atoms with Gasteiger partial charge in [-0.3, -0.25) is 0 Å². The summed E-state index contributed by atoms with van der Waals surface area (Å²) in [6, 6.07) is 0.271. The molecule has 1 aromatic heterocycles. The van der Waals surface area contributed by atoms with Crippen molar-refractivity contribution in [2.24, 2.45) is 5.92 Å². The summed E-state index contributed by atoms with van der Waals surface area (Å²) in [5, 5.41) is 11.6. The average Bonchev–Trinajstić information content (AvgIpc) is 2.86. The third-order valence-corrected chi connectivity index (χ3v) is 2.35. The highest BCUT2D eigenvalue weighted by atomic mass is 16.4. The molecule has 0 fully saturated rings. The number of carbonyl (C=O) groups is 1. The van der Waals surface area contributed by atoms with Crippen molar-refractivity contribution in [2.45, 2.75) is 12.8 Å². The Morgan fingerprint density at radius 1 is 1.73 bits per heavy atom. The van der Waals surface area contributed by atoms with E-state index in [0.717, 1.165) is 25.6 Å². The second-order valence-electron chi connectivity index (χ2n) is 3.49. The molecule has 5 heteroatoms. The van der Waals surface area contributed by atoms with Gasteiger partial charge in [-0.25, -0.2) is 4.79 Å². The molecule has 1 aliphatic carbocycles. The molecule has 0 aliphatic heterocycles. The van der Waals surface area contributed by atoms with Gasteiger partial charge < -0.3 is 14.8 Å². The highest BCUT2D eigenvalue weighted by Gasteiger charge is 2.12. The van der Waals surface area contributed by atoms with E-state index in [0.29, 0.717) is 5.92 Å². The Hall–Kier alpha value is -1.78. The van der Waals surface area contributed by atoms with Crippen molar-refractivity contribution in [3.8, 4) is 0 Å². The van der Waals surface area contributed by atoms with E-state index in [4.69, 9.17) is 9.52 Å². The maximum atomic E-state index is 10.5. The van der Waals surface area contributed by atoms with E-state index in [-0.39, 0.29) is 11.7 Å². The minimum atomic E-state index is -1.08. The largest absolute Gasteiger partial charge is 0.476 e. The average molecular weight is 208 g/mol. The van der Waals surface area contributed by atoms with Crippen LogP contribution in [0.1, 0.15) is 23.3 Å². The van der Waals surface area contributed by atoms with Crippen molar-refractivity contribution in [3.63, 3.8) is 0 Å². The topological polar surface area (TPSA) is 75.4 Å². The molecule has 2 rings (SSSR count). The molecule has 1 unspecified atom stereocenters. The first-order valence-corrected chi connectivity index (χ1v) is 4.85. The standard InChI is InChI=1S/C10H12N2O3/c13-9(14)8-6-15-10(12-8)11-5-7-3-1-2-4-7/h1,3,6-7H,2,4-5H2,(H,11,12)(H,13,14). The first-order valence-electron chi connectivity index (χ1n) is 4.85. The molecule has 2 N–H and O–H groups in total. The van der Waals surface area contributed by atoms with E-state index < -0.39 is 5.97 Å². The normalized spacial score (nSPS) is 19.3. The third-order valence-electron chi connectivity index (χ3n) is 2.35. The minimum absolute atomic E-state index is 0.0699. The van der Waals surface area contributed by atoms with Crippen LogP contribution in [0.5, 0.6) is 0 Å². The number of nitrogens with one attached hydrogen (secondary N) is 1. The quantitative estimate of drug-likeness (QED) is 0.737. The molecule has 0 amide bonds. The van der Waals surface area contributed by atoms with Gasteiger partial charge in [-0.1, -0.05) is 12.2 Å². The lowest BCUT2D eigenvalue weighted by Gasteiger charge is -2.06. The lowest BCUT2D eigenvalue weighted by molar-refractivity contribution is 0.0690. The highest BCUT2D eigenvalue weighted by molar-refractivity contribution is 5.85.